The molecular weight excluding hydrogens is 320 g/mol. The van der Waals surface area contributed by atoms with Crippen molar-refractivity contribution in [1.29, 1.82) is 0 Å². The molecule has 0 aromatic heterocycles. The normalized spacial score (nSPS) is 18.5. The number of ether oxygens (including phenoxy) is 1. The summed E-state index contributed by atoms with van der Waals surface area (Å²) >= 11 is 0. The lowest BCUT2D eigenvalue weighted by Gasteiger charge is -2.38. The summed E-state index contributed by atoms with van der Waals surface area (Å²) in [7, 11) is 0. The molecule has 0 spiro atoms. The SMILES string of the molecule is CCN(C(=O)OC(C)(C)C)C1CCCN(OC(=O)c2ccccc2)C1. The first-order chi connectivity index (χ1) is 11.8. The molecule has 1 aromatic rings. The maximum absolute atomic E-state index is 12.4. The van der Waals surface area contributed by atoms with Crippen LogP contribution in [0.2, 0.25) is 0 Å². The Kier molecular flexibility index (Phi) is 6.42. The van der Waals surface area contributed by atoms with E-state index in [0.717, 1.165) is 12.8 Å². The van der Waals surface area contributed by atoms with Crippen molar-refractivity contribution in [2.24, 2.45) is 0 Å². The Morgan fingerprint density at radius 2 is 1.92 bits per heavy atom. The van der Waals surface area contributed by atoms with E-state index >= 15 is 0 Å². The van der Waals surface area contributed by atoms with E-state index in [1.54, 1.807) is 34.2 Å². The number of likely N-dealkylation sites (N-methyl/N-ethyl adjacent to an activating group) is 1. The minimum atomic E-state index is -0.529. The van der Waals surface area contributed by atoms with Crippen LogP contribution in [0.15, 0.2) is 30.3 Å². The zero-order chi connectivity index (χ0) is 18.4. The Balaban J connectivity index is 1.97. The molecule has 25 heavy (non-hydrogen) atoms. The predicted molar refractivity (Wildman–Crippen MR) is 95.1 cm³/mol. The number of hydroxylamine groups is 2. The Labute approximate surface area is 149 Å². The van der Waals surface area contributed by atoms with Gasteiger partial charge in [0.2, 0.25) is 0 Å². The first-order valence-corrected chi connectivity index (χ1v) is 8.82. The molecule has 6 nitrogen and oxygen atoms in total. The molecule has 0 radical (unpaired) electrons. The van der Waals surface area contributed by atoms with Gasteiger partial charge in [0.15, 0.2) is 0 Å². The van der Waals surface area contributed by atoms with Crippen molar-refractivity contribution in [1.82, 2.24) is 9.96 Å². The van der Waals surface area contributed by atoms with Gasteiger partial charge in [0.05, 0.1) is 18.2 Å². The lowest BCUT2D eigenvalue weighted by atomic mass is 10.1. The van der Waals surface area contributed by atoms with Crippen molar-refractivity contribution in [2.45, 2.75) is 52.2 Å². The fraction of sp³-hybridized carbons (Fsp3) is 0.579. The molecule has 6 heteroatoms. The standard InChI is InChI=1S/C19H28N2O4/c1-5-21(18(23)24-19(2,3)4)16-12-9-13-20(14-16)25-17(22)15-10-7-6-8-11-15/h6-8,10-11,16H,5,9,12-14H2,1-4H3. The van der Waals surface area contributed by atoms with Crippen LogP contribution in [0.25, 0.3) is 0 Å². The van der Waals surface area contributed by atoms with Crippen LogP contribution in [-0.2, 0) is 9.57 Å². The van der Waals surface area contributed by atoms with Crippen LogP contribution >= 0.6 is 0 Å². The van der Waals surface area contributed by atoms with Crippen molar-refractivity contribution < 1.29 is 19.2 Å². The summed E-state index contributed by atoms with van der Waals surface area (Å²) in [4.78, 5) is 31.8. The summed E-state index contributed by atoms with van der Waals surface area (Å²) in [6.45, 7) is 9.21. The quantitative estimate of drug-likeness (QED) is 0.834. The van der Waals surface area contributed by atoms with E-state index < -0.39 is 5.60 Å². The van der Waals surface area contributed by atoms with E-state index in [0.29, 0.717) is 25.2 Å². The summed E-state index contributed by atoms with van der Waals surface area (Å²) in [5.41, 5.74) is -0.0114. The van der Waals surface area contributed by atoms with Gasteiger partial charge in [-0.1, -0.05) is 18.2 Å². The summed E-state index contributed by atoms with van der Waals surface area (Å²) < 4.78 is 5.49. The highest BCUT2D eigenvalue weighted by Gasteiger charge is 2.32. The number of benzene rings is 1. The maximum Gasteiger partial charge on any atom is 0.410 e. The summed E-state index contributed by atoms with van der Waals surface area (Å²) in [5, 5.41) is 1.65. The average molecular weight is 348 g/mol. The molecule has 2 rings (SSSR count). The molecule has 1 aromatic carbocycles. The molecule has 1 aliphatic heterocycles. The average Bonchev–Trinajstić information content (AvgIpc) is 2.55. The van der Waals surface area contributed by atoms with Crippen molar-refractivity contribution in [3.8, 4) is 0 Å². The minimum absolute atomic E-state index is 0.0304. The van der Waals surface area contributed by atoms with Crippen LogP contribution in [0.4, 0.5) is 4.79 Å². The van der Waals surface area contributed by atoms with E-state index in [9.17, 15) is 9.59 Å². The van der Waals surface area contributed by atoms with Gasteiger partial charge in [-0.05, 0) is 52.7 Å². The van der Waals surface area contributed by atoms with Gasteiger partial charge in [0.25, 0.3) is 0 Å². The molecule has 0 saturated carbocycles. The zero-order valence-electron chi connectivity index (χ0n) is 15.5. The lowest BCUT2D eigenvalue weighted by molar-refractivity contribution is -0.133. The number of piperidine rings is 1. The lowest BCUT2D eigenvalue weighted by Crippen LogP contribution is -2.51. The summed E-state index contributed by atoms with van der Waals surface area (Å²) in [5.74, 6) is -0.374. The van der Waals surface area contributed by atoms with E-state index in [2.05, 4.69) is 0 Å². The number of rotatable bonds is 4. The van der Waals surface area contributed by atoms with Gasteiger partial charge < -0.3 is 14.5 Å². The van der Waals surface area contributed by atoms with Crippen molar-refractivity contribution in [3.05, 3.63) is 35.9 Å². The number of amides is 1. The Hall–Kier alpha value is -2.08. The highest BCUT2D eigenvalue weighted by molar-refractivity contribution is 5.89. The van der Waals surface area contributed by atoms with Crippen molar-refractivity contribution in [3.63, 3.8) is 0 Å². The smallest absolute Gasteiger partial charge is 0.410 e. The Bertz CT molecular complexity index is 583. The second kappa shape index (κ2) is 8.34. The van der Waals surface area contributed by atoms with Crippen molar-refractivity contribution in [2.75, 3.05) is 19.6 Å². The molecule has 0 aliphatic carbocycles. The van der Waals surface area contributed by atoms with E-state index in [1.165, 1.54) is 0 Å². The van der Waals surface area contributed by atoms with Gasteiger partial charge in [-0.3, -0.25) is 0 Å². The van der Waals surface area contributed by atoms with Gasteiger partial charge >= 0.3 is 12.1 Å². The summed E-state index contributed by atoms with van der Waals surface area (Å²) in [6, 6.07) is 8.88. The first kappa shape index (κ1) is 19.2. The van der Waals surface area contributed by atoms with Crippen LogP contribution < -0.4 is 0 Å². The molecule has 1 saturated heterocycles. The predicted octanol–water partition coefficient (Wildman–Crippen LogP) is 3.48. The molecular formula is C19H28N2O4. The third kappa shape index (κ3) is 5.74. The van der Waals surface area contributed by atoms with Crippen LogP contribution in [0.5, 0.6) is 0 Å². The van der Waals surface area contributed by atoms with Crippen LogP contribution in [0.3, 0.4) is 0 Å². The number of hydrogen-bond donors (Lipinski definition) is 0. The van der Waals surface area contributed by atoms with Crippen LogP contribution in [-0.4, -0.2) is 53.3 Å². The molecule has 138 valence electrons. The number of nitrogens with zero attached hydrogens (tertiary/aromatic N) is 2. The first-order valence-electron chi connectivity index (χ1n) is 8.82. The molecule has 1 heterocycles. The van der Waals surface area contributed by atoms with Gasteiger partial charge in [0.1, 0.15) is 5.60 Å². The molecule has 1 atom stereocenters. The second-order valence-corrected chi connectivity index (χ2v) is 7.20. The van der Waals surface area contributed by atoms with Crippen LogP contribution in [0, 0.1) is 0 Å². The number of carbonyl (C=O) groups excluding carboxylic acids is 2. The van der Waals surface area contributed by atoms with Gasteiger partial charge in [0, 0.05) is 13.1 Å². The molecule has 0 bridgehead atoms. The van der Waals surface area contributed by atoms with E-state index in [1.807, 2.05) is 33.8 Å². The molecule has 1 aliphatic rings. The number of hydrogen-bond acceptors (Lipinski definition) is 5. The zero-order valence-corrected chi connectivity index (χ0v) is 15.5. The topological polar surface area (TPSA) is 59.1 Å². The van der Waals surface area contributed by atoms with Gasteiger partial charge in [-0.25, -0.2) is 9.59 Å². The van der Waals surface area contributed by atoms with Crippen LogP contribution in [0.1, 0.15) is 50.9 Å². The fourth-order valence-corrected chi connectivity index (χ4v) is 2.86. The summed E-state index contributed by atoms with van der Waals surface area (Å²) in [6.07, 6.45) is 1.40. The van der Waals surface area contributed by atoms with Crippen molar-refractivity contribution >= 4 is 12.1 Å². The second-order valence-electron chi connectivity index (χ2n) is 7.20. The molecule has 1 amide bonds. The molecule has 1 unspecified atom stereocenters. The molecule has 0 N–H and O–H groups in total. The van der Waals surface area contributed by atoms with E-state index in [4.69, 9.17) is 9.57 Å². The van der Waals surface area contributed by atoms with Gasteiger partial charge in [-0.2, -0.15) is 0 Å². The highest BCUT2D eigenvalue weighted by atomic mass is 16.7. The third-order valence-electron chi connectivity index (χ3n) is 3.99. The Morgan fingerprint density at radius 1 is 1.24 bits per heavy atom. The van der Waals surface area contributed by atoms with Gasteiger partial charge in [-0.15, -0.1) is 5.06 Å². The highest BCUT2D eigenvalue weighted by Crippen LogP contribution is 2.20. The molecule has 1 fully saturated rings. The monoisotopic (exact) mass is 348 g/mol. The maximum atomic E-state index is 12.4. The fourth-order valence-electron chi connectivity index (χ4n) is 2.86. The minimum Gasteiger partial charge on any atom is -0.444 e. The third-order valence-corrected chi connectivity index (χ3v) is 3.99. The number of carbonyl (C=O) groups is 2. The Morgan fingerprint density at radius 3 is 2.52 bits per heavy atom. The largest absolute Gasteiger partial charge is 0.444 e. The van der Waals surface area contributed by atoms with E-state index in [-0.39, 0.29) is 18.1 Å².